The summed E-state index contributed by atoms with van der Waals surface area (Å²) in [4.78, 5) is 37.6. The molecule has 0 unspecified atom stereocenters. The van der Waals surface area contributed by atoms with E-state index in [-0.39, 0.29) is 43.7 Å². The Morgan fingerprint density at radius 2 is 1.61 bits per heavy atom. The molecule has 0 aliphatic heterocycles. The van der Waals surface area contributed by atoms with Gasteiger partial charge in [-0.05, 0) is 35.1 Å². The molecule has 7 nitrogen and oxygen atoms in total. The van der Waals surface area contributed by atoms with E-state index in [4.69, 9.17) is 9.84 Å². The standard InChI is InChI=1S/C26H32N2O5/c1-4-28(14-13-25(30)31)24(29)15-23(17(2)3)27-26(32)33-16-22-20-11-7-5-9-18(20)19-10-6-8-12-21(19)22/h5-12,17,22-23H,4,13-16H2,1-3H3,(H,27,32)(H,30,31)/t23-/m1/s1. The Morgan fingerprint density at radius 3 is 2.12 bits per heavy atom. The number of nitrogens with one attached hydrogen (secondary N) is 1. The lowest BCUT2D eigenvalue weighted by Crippen LogP contribution is -2.44. The molecule has 0 radical (unpaired) electrons. The lowest BCUT2D eigenvalue weighted by atomic mass is 9.98. The third-order valence-corrected chi connectivity index (χ3v) is 6.18. The molecule has 3 rings (SSSR count). The number of amides is 2. The SMILES string of the molecule is CCN(CCC(=O)O)C(=O)C[C@@H](NC(=O)OCC1c2ccccc2-c2ccccc21)C(C)C. The predicted octanol–water partition coefficient (Wildman–Crippen LogP) is 4.26. The monoisotopic (exact) mass is 452 g/mol. The zero-order chi connectivity index (χ0) is 24.0. The van der Waals surface area contributed by atoms with Crippen molar-refractivity contribution in [3.63, 3.8) is 0 Å². The number of ether oxygens (including phenoxy) is 1. The zero-order valence-corrected chi connectivity index (χ0v) is 19.4. The maximum Gasteiger partial charge on any atom is 0.407 e. The first-order valence-electron chi connectivity index (χ1n) is 11.4. The highest BCUT2D eigenvalue weighted by atomic mass is 16.5. The lowest BCUT2D eigenvalue weighted by Gasteiger charge is -2.26. The van der Waals surface area contributed by atoms with Crippen LogP contribution in [0.15, 0.2) is 48.5 Å². The first-order chi connectivity index (χ1) is 15.8. The summed E-state index contributed by atoms with van der Waals surface area (Å²) in [6.45, 7) is 6.44. The first kappa shape index (κ1) is 24.3. The van der Waals surface area contributed by atoms with Crippen molar-refractivity contribution in [1.82, 2.24) is 10.2 Å². The number of carboxylic acids is 1. The highest BCUT2D eigenvalue weighted by molar-refractivity contribution is 5.80. The molecule has 2 aromatic rings. The molecule has 1 atom stereocenters. The number of carbonyl (C=O) groups excluding carboxylic acids is 2. The van der Waals surface area contributed by atoms with Gasteiger partial charge in [0.1, 0.15) is 6.61 Å². The van der Waals surface area contributed by atoms with Gasteiger partial charge in [0.05, 0.1) is 6.42 Å². The molecule has 2 amide bonds. The minimum Gasteiger partial charge on any atom is -0.481 e. The average molecular weight is 453 g/mol. The minimum absolute atomic E-state index is 0.00705. The van der Waals surface area contributed by atoms with E-state index in [1.165, 1.54) is 4.90 Å². The number of nitrogens with zero attached hydrogens (tertiary/aromatic N) is 1. The van der Waals surface area contributed by atoms with E-state index >= 15 is 0 Å². The van der Waals surface area contributed by atoms with Crippen LogP contribution >= 0.6 is 0 Å². The summed E-state index contributed by atoms with van der Waals surface area (Å²) in [6.07, 6.45) is -0.571. The number of carbonyl (C=O) groups is 3. The topological polar surface area (TPSA) is 95.9 Å². The Bertz CT molecular complexity index is 958. The largest absolute Gasteiger partial charge is 0.481 e. The van der Waals surface area contributed by atoms with Crippen molar-refractivity contribution in [3.8, 4) is 11.1 Å². The van der Waals surface area contributed by atoms with E-state index in [1.807, 2.05) is 45.0 Å². The lowest BCUT2D eigenvalue weighted by molar-refractivity contribution is -0.138. The van der Waals surface area contributed by atoms with Crippen LogP contribution in [0, 0.1) is 5.92 Å². The highest BCUT2D eigenvalue weighted by Crippen LogP contribution is 2.44. The summed E-state index contributed by atoms with van der Waals surface area (Å²) >= 11 is 0. The number of benzene rings is 2. The molecule has 1 aliphatic carbocycles. The van der Waals surface area contributed by atoms with Gasteiger partial charge in [-0.15, -0.1) is 0 Å². The molecule has 0 saturated heterocycles. The van der Waals surface area contributed by atoms with Crippen molar-refractivity contribution in [3.05, 3.63) is 59.7 Å². The van der Waals surface area contributed by atoms with Crippen molar-refractivity contribution in [2.24, 2.45) is 5.92 Å². The number of rotatable bonds is 10. The van der Waals surface area contributed by atoms with Crippen molar-refractivity contribution < 1.29 is 24.2 Å². The van der Waals surface area contributed by atoms with Gasteiger partial charge in [0.2, 0.25) is 5.91 Å². The van der Waals surface area contributed by atoms with Crippen LogP contribution in [0.3, 0.4) is 0 Å². The molecule has 1 aliphatic rings. The number of fused-ring (bicyclic) bond motifs is 3. The number of carboxylic acid groups (broad SMARTS) is 1. The number of aliphatic carboxylic acids is 1. The van der Waals surface area contributed by atoms with Crippen LogP contribution in [0.2, 0.25) is 0 Å². The summed E-state index contributed by atoms with van der Waals surface area (Å²) in [6, 6.07) is 15.9. The molecule has 0 saturated carbocycles. The van der Waals surface area contributed by atoms with Crippen LogP contribution < -0.4 is 5.32 Å². The van der Waals surface area contributed by atoms with Crippen LogP contribution in [0.25, 0.3) is 11.1 Å². The third kappa shape index (κ3) is 5.92. The van der Waals surface area contributed by atoms with Gasteiger partial charge >= 0.3 is 12.1 Å². The smallest absolute Gasteiger partial charge is 0.407 e. The van der Waals surface area contributed by atoms with Gasteiger partial charge in [-0.2, -0.15) is 0 Å². The fraction of sp³-hybridized carbons (Fsp3) is 0.423. The molecule has 2 aromatic carbocycles. The fourth-order valence-electron chi connectivity index (χ4n) is 4.25. The minimum atomic E-state index is -0.946. The van der Waals surface area contributed by atoms with Gasteiger partial charge in [0.25, 0.3) is 0 Å². The Labute approximate surface area is 194 Å². The summed E-state index contributed by atoms with van der Waals surface area (Å²) in [5.41, 5.74) is 4.60. The molecule has 0 spiro atoms. The molecular weight excluding hydrogens is 420 g/mol. The second kappa shape index (κ2) is 11.0. The number of hydrogen-bond donors (Lipinski definition) is 2. The van der Waals surface area contributed by atoms with E-state index in [1.54, 1.807) is 0 Å². The first-order valence-corrected chi connectivity index (χ1v) is 11.4. The second-order valence-corrected chi connectivity index (χ2v) is 8.64. The van der Waals surface area contributed by atoms with Gasteiger partial charge in [0, 0.05) is 31.5 Å². The molecule has 33 heavy (non-hydrogen) atoms. The van der Waals surface area contributed by atoms with Crippen LogP contribution in [0.1, 0.15) is 50.7 Å². The van der Waals surface area contributed by atoms with Crippen molar-refractivity contribution >= 4 is 18.0 Å². The van der Waals surface area contributed by atoms with Crippen LogP contribution in [0.4, 0.5) is 4.79 Å². The molecule has 0 fully saturated rings. The zero-order valence-electron chi connectivity index (χ0n) is 19.4. The third-order valence-electron chi connectivity index (χ3n) is 6.18. The van der Waals surface area contributed by atoms with Crippen LogP contribution in [-0.2, 0) is 14.3 Å². The maximum absolute atomic E-state index is 12.7. The van der Waals surface area contributed by atoms with Crippen molar-refractivity contribution in [1.29, 1.82) is 0 Å². The van der Waals surface area contributed by atoms with Crippen molar-refractivity contribution in [2.45, 2.75) is 45.6 Å². The fourth-order valence-corrected chi connectivity index (χ4v) is 4.25. The Morgan fingerprint density at radius 1 is 1.03 bits per heavy atom. The van der Waals surface area contributed by atoms with Crippen molar-refractivity contribution in [2.75, 3.05) is 19.7 Å². The molecule has 7 heteroatoms. The molecule has 0 heterocycles. The van der Waals surface area contributed by atoms with Gasteiger partial charge < -0.3 is 20.1 Å². The van der Waals surface area contributed by atoms with Gasteiger partial charge in [-0.1, -0.05) is 62.4 Å². The van der Waals surface area contributed by atoms with E-state index < -0.39 is 18.1 Å². The summed E-state index contributed by atoms with van der Waals surface area (Å²) < 4.78 is 5.62. The average Bonchev–Trinajstić information content (AvgIpc) is 3.11. The Kier molecular flexibility index (Phi) is 8.09. The number of alkyl carbamates (subject to hydrolysis) is 1. The molecule has 176 valence electrons. The Hall–Kier alpha value is -3.35. The van der Waals surface area contributed by atoms with Gasteiger partial charge in [0.15, 0.2) is 0 Å². The predicted molar refractivity (Wildman–Crippen MR) is 126 cm³/mol. The van der Waals surface area contributed by atoms with E-state index in [0.717, 1.165) is 22.3 Å². The summed E-state index contributed by atoms with van der Waals surface area (Å²) in [5, 5.41) is 11.7. The van der Waals surface area contributed by atoms with Gasteiger partial charge in [-0.3, -0.25) is 9.59 Å². The maximum atomic E-state index is 12.7. The molecule has 0 aromatic heterocycles. The second-order valence-electron chi connectivity index (χ2n) is 8.64. The van der Waals surface area contributed by atoms with Crippen LogP contribution in [0.5, 0.6) is 0 Å². The molecule has 2 N–H and O–H groups in total. The normalized spacial score (nSPS) is 13.2. The molecule has 0 bridgehead atoms. The summed E-state index contributed by atoms with van der Waals surface area (Å²) in [5.74, 6) is -1.16. The quantitative estimate of drug-likeness (QED) is 0.561. The van der Waals surface area contributed by atoms with Gasteiger partial charge in [-0.25, -0.2) is 4.79 Å². The molecular formula is C26H32N2O5. The number of hydrogen-bond acceptors (Lipinski definition) is 4. The Balaban J connectivity index is 1.61. The van der Waals surface area contributed by atoms with E-state index in [2.05, 4.69) is 29.6 Å². The summed E-state index contributed by atoms with van der Waals surface area (Å²) in [7, 11) is 0. The van der Waals surface area contributed by atoms with E-state index in [0.29, 0.717) is 6.54 Å². The van der Waals surface area contributed by atoms with Crippen LogP contribution in [-0.4, -0.2) is 53.7 Å². The highest BCUT2D eigenvalue weighted by Gasteiger charge is 2.30. The van der Waals surface area contributed by atoms with E-state index in [9.17, 15) is 14.4 Å².